The van der Waals surface area contributed by atoms with Crippen molar-refractivity contribution in [2.24, 2.45) is 0 Å². The summed E-state index contributed by atoms with van der Waals surface area (Å²) in [7, 11) is 0. The largest absolute Gasteiger partial charge is 0.351 e. The van der Waals surface area contributed by atoms with Gasteiger partial charge in [-0.3, -0.25) is 4.79 Å². The predicted molar refractivity (Wildman–Crippen MR) is 72.9 cm³/mol. The van der Waals surface area contributed by atoms with E-state index in [1.807, 2.05) is 0 Å². The average molecular weight is 321 g/mol. The van der Waals surface area contributed by atoms with Gasteiger partial charge in [-0.25, -0.2) is 4.98 Å². The Kier molecular flexibility index (Phi) is 4.45. The summed E-state index contributed by atoms with van der Waals surface area (Å²) in [5.74, 6) is 1.25. The molecule has 1 fully saturated rings. The number of aromatic nitrogens is 2. The Morgan fingerprint density at radius 2 is 2.24 bits per heavy atom. The van der Waals surface area contributed by atoms with Crippen molar-refractivity contribution in [3.63, 3.8) is 0 Å². The lowest BCUT2D eigenvalue weighted by molar-refractivity contribution is 0.612. The molecule has 0 aromatic carbocycles. The fraction of sp³-hybridized carbons (Fsp3) is 0.636. The van der Waals surface area contributed by atoms with E-state index < -0.39 is 0 Å². The van der Waals surface area contributed by atoms with Crippen LogP contribution in [-0.4, -0.2) is 28.4 Å². The van der Waals surface area contributed by atoms with Crippen LogP contribution in [0.15, 0.2) is 15.6 Å². The summed E-state index contributed by atoms with van der Waals surface area (Å²) in [5, 5.41) is 0. The number of aromatic amines is 1. The molecule has 17 heavy (non-hydrogen) atoms. The molecule has 6 heteroatoms. The highest BCUT2D eigenvalue weighted by Gasteiger charge is 2.25. The third-order valence-corrected chi connectivity index (χ3v) is 4.02. The molecular formula is C11H15BrClN3O. The first-order valence-electron chi connectivity index (χ1n) is 5.80. The highest BCUT2D eigenvalue weighted by molar-refractivity contribution is 9.10. The Labute approximate surface area is 114 Å². The van der Waals surface area contributed by atoms with Crippen LogP contribution < -0.4 is 10.5 Å². The summed E-state index contributed by atoms with van der Waals surface area (Å²) in [6.45, 7) is 0.723. The molecule has 0 amide bonds. The van der Waals surface area contributed by atoms with Crippen molar-refractivity contribution in [3.8, 4) is 0 Å². The van der Waals surface area contributed by atoms with Gasteiger partial charge in [0.1, 0.15) is 4.47 Å². The van der Waals surface area contributed by atoms with Crippen LogP contribution in [0.2, 0.25) is 0 Å². The minimum atomic E-state index is -0.146. The van der Waals surface area contributed by atoms with E-state index in [9.17, 15) is 4.79 Å². The van der Waals surface area contributed by atoms with Gasteiger partial charge in [0.05, 0.1) is 6.33 Å². The molecule has 0 saturated heterocycles. The summed E-state index contributed by atoms with van der Waals surface area (Å²) in [6, 6.07) is 0.458. The van der Waals surface area contributed by atoms with Gasteiger partial charge in [0.25, 0.3) is 5.56 Å². The second-order valence-corrected chi connectivity index (χ2v) is 5.36. The van der Waals surface area contributed by atoms with Crippen LogP contribution in [0.3, 0.4) is 0 Å². The highest BCUT2D eigenvalue weighted by atomic mass is 79.9. The van der Waals surface area contributed by atoms with E-state index in [0.29, 0.717) is 22.2 Å². The molecule has 4 nitrogen and oxygen atoms in total. The number of hydrogen-bond acceptors (Lipinski definition) is 3. The maximum atomic E-state index is 11.6. The van der Waals surface area contributed by atoms with Crippen LogP contribution in [0, 0.1) is 0 Å². The zero-order valence-electron chi connectivity index (χ0n) is 9.46. The molecule has 0 spiro atoms. The van der Waals surface area contributed by atoms with Crippen LogP contribution in [0.1, 0.15) is 25.7 Å². The summed E-state index contributed by atoms with van der Waals surface area (Å²) in [5.41, 5.74) is -0.146. The van der Waals surface area contributed by atoms with Crippen molar-refractivity contribution in [2.45, 2.75) is 31.7 Å². The quantitative estimate of drug-likeness (QED) is 0.867. The topological polar surface area (TPSA) is 49.0 Å². The van der Waals surface area contributed by atoms with Crippen molar-refractivity contribution in [2.75, 3.05) is 17.3 Å². The molecule has 1 aromatic heterocycles. The molecule has 0 atom stereocenters. The molecule has 0 aliphatic heterocycles. The molecule has 94 valence electrons. The van der Waals surface area contributed by atoms with Gasteiger partial charge in [-0.2, -0.15) is 0 Å². The van der Waals surface area contributed by atoms with Gasteiger partial charge in [-0.1, -0.05) is 12.8 Å². The van der Waals surface area contributed by atoms with Gasteiger partial charge in [-0.05, 0) is 28.8 Å². The van der Waals surface area contributed by atoms with Crippen molar-refractivity contribution in [1.82, 2.24) is 9.97 Å². The lowest BCUT2D eigenvalue weighted by Crippen LogP contribution is -2.36. The van der Waals surface area contributed by atoms with E-state index >= 15 is 0 Å². The minimum Gasteiger partial charge on any atom is -0.351 e. The fourth-order valence-corrected chi connectivity index (χ4v) is 2.97. The predicted octanol–water partition coefficient (Wildman–Crippen LogP) is 2.52. The van der Waals surface area contributed by atoms with E-state index in [0.717, 1.165) is 19.4 Å². The molecule has 0 unspecified atom stereocenters. The van der Waals surface area contributed by atoms with Crippen LogP contribution in [0.4, 0.5) is 5.82 Å². The maximum Gasteiger partial charge on any atom is 0.267 e. The number of hydrogen-bond donors (Lipinski definition) is 1. The first-order chi connectivity index (χ1) is 8.24. The second kappa shape index (κ2) is 5.87. The number of anilines is 1. The third-order valence-electron chi connectivity index (χ3n) is 3.14. The molecule has 1 heterocycles. The summed E-state index contributed by atoms with van der Waals surface area (Å²) < 4.78 is 0.497. The Hall–Kier alpha value is -0.550. The van der Waals surface area contributed by atoms with Crippen molar-refractivity contribution < 1.29 is 0 Å². The maximum absolute atomic E-state index is 11.6. The average Bonchev–Trinajstić information content (AvgIpc) is 2.84. The van der Waals surface area contributed by atoms with E-state index in [1.165, 1.54) is 19.2 Å². The van der Waals surface area contributed by atoms with Crippen LogP contribution >= 0.6 is 27.5 Å². The number of halogens is 2. The Bertz CT molecular complexity index is 431. The Balaban J connectivity index is 2.31. The number of nitrogens with one attached hydrogen (secondary N) is 1. The lowest BCUT2D eigenvalue weighted by Gasteiger charge is -2.29. The molecule has 1 aromatic rings. The van der Waals surface area contributed by atoms with Gasteiger partial charge < -0.3 is 9.88 Å². The monoisotopic (exact) mass is 319 g/mol. The second-order valence-electron chi connectivity index (χ2n) is 4.19. The molecule has 2 rings (SSSR count). The summed E-state index contributed by atoms with van der Waals surface area (Å²) in [4.78, 5) is 20.5. The van der Waals surface area contributed by atoms with Crippen molar-refractivity contribution in [1.29, 1.82) is 0 Å². The first-order valence-corrected chi connectivity index (χ1v) is 7.12. The molecule has 1 saturated carbocycles. The molecule has 1 N–H and O–H groups in total. The number of nitrogens with zero attached hydrogens (tertiary/aromatic N) is 2. The summed E-state index contributed by atoms with van der Waals surface area (Å²) in [6.07, 6.45) is 6.22. The van der Waals surface area contributed by atoms with Gasteiger partial charge >= 0.3 is 0 Å². The SMILES string of the molecule is O=c1[nH]cnc(N(CCCl)C2CCCC2)c1Br. The third kappa shape index (κ3) is 2.83. The van der Waals surface area contributed by atoms with Crippen LogP contribution in [-0.2, 0) is 0 Å². The zero-order chi connectivity index (χ0) is 12.3. The molecule has 1 aliphatic carbocycles. The minimum absolute atomic E-state index is 0.146. The van der Waals surface area contributed by atoms with Gasteiger partial charge in [0.15, 0.2) is 5.82 Å². The number of rotatable bonds is 4. The van der Waals surface area contributed by atoms with Crippen molar-refractivity contribution in [3.05, 3.63) is 21.2 Å². The normalized spacial score (nSPS) is 16.4. The van der Waals surface area contributed by atoms with E-state index in [2.05, 4.69) is 30.8 Å². The molecule has 0 bridgehead atoms. The standard InChI is InChI=1S/C11H15BrClN3O/c12-9-10(14-7-15-11(9)17)16(6-5-13)8-3-1-2-4-8/h7-8H,1-6H2,(H,14,15,17). The van der Waals surface area contributed by atoms with Crippen molar-refractivity contribution >= 4 is 33.3 Å². The van der Waals surface area contributed by atoms with E-state index in [1.54, 1.807) is 0 Å². The van der Waals surface area contributed by atoms with Crippen LogP contribution in [0.5, 0.6) is 0 Å². The first kappa shape index (κ1) is 12.9. The lowest BCUT2D eigenvalue weighted by atomic mass is 10.2. The number of alkyl halides is 1. The highest BCUT2D eigenvalue weighted by Crippen LogP contribution is 2.29. The van der Waals surface area contributed by atoms with E-state index in [-0.39, 0.29) is 5.56 Å². The fourth-order valence-electron chi connectivity index (χ4n) is 2.34. The zero-order valence-corrected chi connectivity index (χ0v) is 11.8. The molecule has 1 aliphatic rings. The van der Waals surface area contributed by atoms with Gasteiger partial charge in [0, 0.05) is 18.5 Å². The summed E-state index contributed by atoms with van der Waals surface area (Å²) >= 11 is 9.15. The molecular weight excluding hydrogens is 305 g/mol. The molecule has 0 radical (unpaired) electrons. The smallest absolute Gasteiger partial charge is 0.267 e. The Morgan fingerprint density at radius 3 is 2.88 bits per heavy atom. The van der Waals surface area contributed by atoms with E-state index in [4.69, 9.17) is 11.6 Å². The van der Waals surface area contributed by atoms with Crippen LogP contribution in [0.25, 0.3) is 0 Å². The van der Waals surface area contributed by atoms with Gasteiger partial charge in [0.2, 0.25) is 0 Å². The Morgan fingerprint density at radius 1 is 1.53 bits per heavy atom. The van der Waals surface area contributed by atoms with Gasteiger partial charge in [-0.15, -0.1) is 11.6 Å². The number of H-pyrrole nitrogens is 1.